The lowest BCUT2D eigenvalue weighted by atomic mass is 9.93. The molecule has 0 saturated carbocycles. The second-order valence-corrected chi connectivity index (χ2v) is 7.88. The molecule has 5 heteroatoms. The number of aromatic nitrogens is 1. The molecule has 26 heavy (non-hydrogen) atoms. The van der Waals surface area contributed by atoms with Gasteiger partial charge in [-0.05, 0) is 12.1 Å². The first-order valence-corrected chi connectivity index (χ1v) is 9.56. The Kier molecular flexibility index (Phi) is 4.92. The van der Waals surface area contributed by atoms with Crippen LogP contribution in [0.25, 0.3) is 10.9 Å². The van der Waals surface area contributed by atoms with Crippen LogP contribution in [0.5, 0.6) is 0 Å². The highest BCUT2D eigenvalue weighted by atomic mass is 16.5. The van der Waals surface area contributed by atoms with Crippen molar-refractivity contribution in [2.75, 3.05) is 26.2 Å². The van der Waals surface area contributed by atoms with Crippen LogP contribution in [0.3, 0.4) is 0 Å². The maximum atomic E-state index is 11.8. The molecule has 1 aromatic carbocycles. The van der Waals surface area contributed by atoms with Crippen molar-refractivity contribution in [3.63, 3.8) is 0 Å². The van der Waals surface area contributed by atoms with Crippen LogP contribution in [-0.2, 0) is 16.1 Å². The van der Waals surface area contributed by atoms with Crippen molar-refractivity contribution in [3.05, 3.63) is 42.1 Å². The van der Waals surface area contributed by atoms with E-state index >= 15 is 0 Å². The fourth-order valence-electron chi connectivity index (χ4n) is 4.08. The Morgan fingerprint density at radius 2 is 2.12 bits per heavy atom. The number of hydrogen-bond donors (Lipinski definition) is 1. The van der Waals surface area contributed by atoms with Crippen molar-refractivity contribution in [2.24, 2.45) is 17.8 Å². The molecule has 2 aliphatic rings. The third-order valence-electron chi connectivity index (χ3n) is 5.62. The van der Waals surface area contributed by atoms with E-state index in [1.54, 1.807) is 0 Å². The summed E-state index contributed by atoms with van der Waals surface area (Å²) in [6.45, 7) is 8.16. The third-order valence-corrected chi connectivity index (χ3v) is 5.62. The van der Waals surface area contributed by atoms with E-state index < -0.39 is 0 Å². The number of nitrogens with one attached hydrogen (secondary N) is 1. The molecule has 3 heterocycles. The van der Waals surface area contributed by atoms with Crippen LogP contribution in [0, 0.1) is 17.8 Å². The summed E-state index contributed by atoms with van der Waals surface area (Å²) in [5.41, 5.74) is 2.16. The van der Waals surface area contributed by atoms with E-state index in [1.807, 2.05) is 26.0 Å². The van der Waals surface area contributed by atoms with E-state index in [0.717, 1.165) is 44.0 Å². The summed E-state index contributed by atoms with van der Waals surface area (Å²) in [7, 11) is 0. The Morgan fingerprint density at radius 1 is 1.27 bits per heavy atom. The van der Waals surface area contributed by atoms with Gasteiger partial charge in [0, 0.05) is 49.3 Å². The van der Waals surface area contributed by atoms with Crippen molar-refractivity contribution < 1.29 is 9.53 Å². The van der Waals surface area contributed by atoms with Crippen molar-refractivity contribution in [3.8, 4) is 0 Å². The van der Waals surface area contributed by atoms with Crippen LogP contribution in [0.2, 0.25) is 0 Å². The predicted octanol–water partition coefficient (Wildman–Crippen LogP) is 2.45. The van der Waals surface area contributed by atoms with Crippen LogP contribution in [-0.4, -0.2) is 48.1 Å². The molecule has 0 spiro atoms. The topological polar surface area (TPSA) is 54.5 Å². The number of likely N-dealkylation sites (tertiary alicyclic amines) is 1. The summed E-state index contributed by atoms with van der Waals surface area (Å²) in [6.07, 6.45) is 0.288. The molecule has 1 aromatic heterocycles. The van der Waals surface area contributed by atoms with Gasteiger partial charge < -0.3 is 10.1 Å². The zero-order valence-corrected chi connectivity index (χ0v) is 15.5. The molecule has 0 aliphatic carbocycles. The summed E-state index contributed by atoms with van der Waals surface area (Å²) in [4.78, 5) is 19.1. The standard InChI is InChI=1S/C21H27N3O2/c1-14(2)21(25)22-9-16-13-26-20-12-24(11-18(16)20)10-17-8-7-15-5-3-4-6-19(15)23-17/h3-8,14,16,18,20H,9-13H2,1-2H3,(H,22,25)/t16-,18-,20-/m1/s1. The molecule has 0 unspecified atom stereocenters. The van der Waals surface area contributed by atoms with Gasteiger partial charge in [-0.3, -0.25) is 14.7 Å². The Bertz CT molecular complexity index is 792. The molecule has 138 valence electrons. The van der Waals surface area contributed by atoms with Gasteiger partial charge in [0.25, 0.3) is 0 Å². The average Bonchev–Trinajstić information content (AvgIpc) is 3.20. The summed E-state index contributed by atoms with van der Waals surface area (Å²) in [6, 6.07) is 12.5. The number of amides is 1. The fraction of sp³-hybridized carbons (Fsp3) is 0.524. The van der Waals surface area contributed by atoms with Gasteiger partial charge in [0.15, 0.2) is 0 Å². The SMILES string of the molecule is CC(C)C(=O)NC[C@@H]1CO[C@@H]2CN(Cc3ccc4ccccc4n3)C[C@H]12. The third kappa shape index (κ3) is 3.60. The zero-order valence-electron chi connectivity index (χ0n) is 15.5. The smallest absolute Gasteiger partial charge is 0.222 e. The van der Waals surface area contributed by atoms with Crippen LogP contribution in [0.4, 0.5) is 0 Å². The second kappa shape index (κ2) is 7.33. The molecule has 5 nitrogen and oxygen atoms in total. The van der Waals surface area contributed by atoms with Crippen molar-refractivity contribution in [1.29, 1.82) is 0 Å². The van der Waals surface area contributed by atoms with Crippen molar-refractivity contribution in [1.82, 2.24) is 15.2 Å². The lowest BCUT2D eigenvalue weighted by Crippen LogP contribution is -2.36. The largest absolute Gasteiger partial charge is 0.376 e. The number of benzene rings is 1. The number of pyridine rings is 1. The highest BCUT2D eigenvalue weighted by Crippen LogP contribution is 2.34. The van der Waals surface area contributed by atoms with Gasteiger partial charge in [-0.2, -0.15) is 0 Å². The highest BCUT2D eigenvalue weighted by Gasteiger charge is 2.43. The Balaban J connectivity index is 1.36. The maximum absolute atomic E-state index is 11.8. The number of para-hydroxylation sites is 1. The Labute approximate surface area is 154 Å². The van der Waals surface area contributed by atoms with Crippen LogP contribution < -0.4 is 5.32 Å². The first kappa shape index (κ1) is 17.4. The molecule has 1 amide bonds. The first-order chi connectivity index (χ1) is 12.6. The maximum Gasteiger partial charge on any atom is 0.222 e. The normalized spacial score (nSPS) is 25.7. The van der Waals surface area contributed by atoms with E-state index in [0.29, 0.717) is 11.8 Å². The van der Waals surface area contributed by atoms with Crippen molar-refractivity contribution >= 4 is 16.8 Å². The van der Waals surface area contributed by atoms with Gasteiger partial charge >= 0.3 is 0 Å². The summed E-state index contributed by atoms with van der Waals surface area (Å²) < 4.78 is 6.01. The number of nitrogens with zero attached hydrogens (tertiary/aromatic N) is 2. The highest BCUT2D eigenvalue weighted by molar-refractivity contribution is 5.78. The molecular weight excluding hydrogens is 326 g/mol. The quantitative estimate of drug-likeness (QED) is 0.897. The van der Waals surface area contributed by atoms with Crippen LogP contribution >= 0.6 is 0 Å². The van der Waals surface area contributed by atoms with Gasteiger partial charge in [-0.25, -0.2) is 0 Å². The van der Waals surface area contributed by atoms with Crippen LogP contribution in [0.1, 0.15) is 19.5 Å². The molecule has 2 saturated heterocycles. The van der Waals surface area contributed by atoms with E-state index in [1.165, 1.54) is 5.39 Å². The zero-order chi connectivity index (χ0) is 18.1. The fourth-order valence-corrected chi connectivity index (χ4v) is 4.08. The molecule has 3 atom stereocenters. The predicted molar refractivity (Wildman–Crippen MR) is 102 cm³/mol. The van der Waals surface area contributed by atoms with Crippen LogP contribution in [0.15, 0.2) is 36.4 Å². The number of fused-ring (bicyclic) bond motifs is 2. The lowest BCUT2D eigenvalue weighted by molar-refractivity contribution is -0.124. The molecule has 2 aromatic rings. The second-order valence-electron chi connectivity index (χ2n) is 7.88. The number of hydrogen-bond acceptors (Lipinski definition) is 4. The van der Waals surface area contributed by atoms with Gasteiger partial charge in [0.1, 0.15) is 0 Å². The summed E-state index contributed by atoms with van der Waals surface area (Å²) >= 11 is 0. The molecule has 2 fully saturated rings. The number of carbonyl (C=O) groups excluding carboxylic acids is 1. The minimum absolute atomic E-state index is 0.0344. The molecule has 2 aliphatic heterocycles. The minimum atomic E-state index is 0.0344. The first-order valence-electron chi connectivity index (χ1n) is 9.56. The number of rotatable bonds is 5. The van der Waals surface area contributed by atoms with Gasteiger partial charge in [-0.1, -0.05) is 38.1 Å². The monoisotopic (exact) mass is 353 g/mol. The van der Waals surface area contributed by atoms with Crippen molar-refractivity contribution in [2.45, 2.75) is 26.5 Å². The average molecular weight is 353 g/mol. The van der Waals surface area contributed by atoms with Gasteiger partial charge in [-0.15, -0.1) is 0 Å². The number of ether oxygens (including phenoxy) is 1. The Morgan fingerprint density at radius 3 is 2.96 bits per heavy atom. The molecule has 1 N–H and O–H groups in total. The lowest BCUT2D eigenvalue weighted by Gasteiger charge is -2.20. The number of carbonyl (C=O) groups is 1. The molecule has 4 rings (SSSR count). The minimum Gasteiger partial charge on any atom is -0.376 e. The summed E-state index contributed by atoms with van der Waals surface area (Å²) in [5.74, 6) is 1.08. The van der Waals surface area contributed by atoms with E-state index in [4.69, 9.17) is 9.72 Å². The van der Waals surface area contributed by atoms with E-state index in [9.17, 15) is 4.79 Å². The van der Waals surface area contributed by atoms with Gasteiger partial charge in [0.05, 0.1) is 23.9 Å². The summed E-state index contributed by atoms with van der Waals surface area (Å²) in [5, 5.41) is 4.25. The molecule has 0 bridgehead atoms. The van der Waals surface area contributed by atoms with Gasteiger partial charge in [0.2, 0.25) is 5.91 Å². The Hall–Kier alpha value is -1.98. The van der Waals surface area contributed by atoms with E-state index in [-0.39, 0.29) is 17.9 Å². The van der Waals surface area contributed by atoms with E-state index in [2.05, 4.69) is 34.5 Å². The molecular formula is C21H27N3O2. The molecule has 0 radical (unpaired) electrons.